The van der Waals surface area contributed by atoms with Gasteiger partial charge in [0.25, 0.3) is 0 Å². The van der Waals surface area contributed by atoms with Gasteiger partial charge in [-0.25, -0.2) is 9.59 Å². The lowest BCUT2D eigenvalue weighted by Crippen LogP contribution is -2.77. The van der Waals surface area contributed by atoms with Crippen molar-refractivity contribution in [2.24, 2.45) is 11.3 Å². The average Bonchev–Trinajstić information content (AvgIpc) is 3.13. The smallest absolute Gasteiger partial charge is 0.338 e. The number of aliphatic hydroxyl groups is 1. The molecule has 8 heteroatoms. The molecule has 208 valence electrons. The topological polar surface area (TPSA) is 108 Å². The third-order valence-electron chi connectivity index (χ3n) is 9.21. The van der Waals surface area contributed by atoms with E-state index in [-0.39, 0.29) is 12.3 Å². The fraction of sp³-hybridized carbons (Fsp3) is 0.516. The minimum atomic E-state index is -1.50. The van der Waals surface area contributed by atoms with E-state index in [1.807, 2.05) is 26.8 Å². The van der Waals surface area contributed by atoms with Gasteiger partial charge in [0.15, 0.2) is 6.10 Å². The zero-order valence-electron chi connectivity index (χ0n) is 23.0. The van der Waals surface area contributed by atoms with E-state index >= 15 is 0 Å². The van der Waals surface area contributed by atoms with Crippen molar-refractivity contribution in [3.8, 4) is 0 Å². The Labute approximate surface area is 228 Å². The lowest BCUT2D eigenvalue weighted by molar-refractivity contribution is -0.322. The zero-order valence-corrected chi connectivity index (χ0v) is 23.0. The van der Waals surface area contributed by atoms with Crippen LogP contribution in [0, 0.1) is 11.3 Å². The summed E-state index contributed by atoms with van der Waals surface area (Å²) in [5.74, 6) is -1.75. The molecule has 1 N–H and O–H groups in total. The van der Waals surface area contributed by atoms with Crippen LogP contribution in [0.5, 0.6) is 0 Å². The van der Waals surface area contributed by atoms with E-state index < -0.39 is 58.4 Å². The van der Waals surface area contributed by atoms with Crippen molar-refractivity contribution >= 4 is 17.9 Å². The van der Waals surface area contributed by atoms with Gasteiger partial charge in [-0.2, -0.15) is 0 Å². The summed E-state index contributed by atoms with van der Waals surface area (Å²) in [5.41, 5.74) is -3.97. The lowest BCUT2D eigenvalue weighted by Gasteiger charge is -2.63. The van der Waals surface area contributed by atoms with Crippen molar-refractivity contribution in [2.75, 3.05) is 0 Å². The third-order valence-corrected chi connectivity index (χ3v) is 9.21. The maximum Gasteiger partial charge on any atom is 0.338 e. The summed E-state index contributed by atoms with van der Waals surface area (Å²) in [5, 5.41) is 12.1. The SMILES string of the molecule is CC(=O)O[C@@H]1C[C@](C)(O)[C@@]23C[C@H](C[C@H](OC(=O)c4ccccc4)[C@]2(C)[C@H]1OC(=O)c1ccccc1)C(C)(C)O3. The predicted molar refractivity (Wildman–Crippen MR) is 141 cm³/mol. The molecule has 8 nitrogen and oxygen atoms in total. The molecule has 0 amide bonds. The highest BCUT2D eigenvalue weighted by molar-refractivity contribution is 5.90. The summed E-state index contributed by atoms with van der Waals surface area (Å²) in [4.78, 5) is 39.0. The van der Waals surface area contributed by atoms with Crippen LogP contribution < -0.4 is 0 Å². The van der Waals surface area contributed by atoms with Crippen molar-refractivity contribution in [2.45, 2.75) is 89.0 Å². The Balaban J connectivity index is 1.64. The van der Waals surface area contributed by atoms with Crippen LogP contribution in [-0.2, 0) is 23.7 Å². The molecule has 7 atom stereocenters. The maximum absolute atomic E-state index is 13.4. The van der Waals surface area contributed by atoms with Crippen LogP contribution in [0.3, 0.4) is 0 Å². The van der Waals surface area contributed by atoms with Crippen LogP contribution in [0.15, 0.2) is 60.7 Å². The number of carbonyl (C=O) groups excluding carboxylic acids is 3. The molecule has 1 aliphatic heterocycles. The molecule has 2 aromatic carbocycles. The third kappa shape index (κ3) is 4.34. The molecule has 2 saturated carbocycles. The van der Waals surface area contributed by atoms with Gasteiger partial charge in [-0.15, -0.1) is 0 Å². The number of benzene rings is 2. The van der Waals surface area contributed by atoms with Gasteiger partial charge in [0.05, 0.1) is 27.7 Å². The minimum absolute atomic E-state index is 0.0168. The second-order valence-electron chi connectivity index (χ2n) is 12.0. The predicted octanol–water partition coefficient (Wildman–Crippen LogP) is 4.49. The molecular weight excluding hydrogens is 500 g/mol. The number of hydrogen-bond donors (Lipinski definition) is 1. The molecule has 2 aromatic rings. The van der Waals surface area contributed by atoms with E-state index in [9.17, 15) is 19.5 Å². The Bertz CT molecular complexity index is 1260. The number of fused-ring (bicyclic) bond motifs is 1. The van der Waals surface area contributed by atoms with E-state index in [4.69, 9.17) is 18.9 Å². The van der Waals surface area contributed by atoms with Gasteiger partial charge in [-0.05, 0) is 70.7 Å². The van der Waals surface area contributed by atoms with E-state index in [2.05, 4.69) is 0 Å². The molecular formula is C31H36O8. The Hall–Kier alpha value is -3.23. The molecule has 1 saturated heterocycles. The first kappa shape index (κ1) is 27.3. The fourth-order valence-corrected chi connectivity index (χ4v) is 7.21. The Morgan fingerprint density at radius 2 is 1.36 bits per heavy atom. The van der Waals surface area contributed by atoms with Crippen LogP contribution in [-0.4, -0.2) is 58.1 Å². The van der Waals surface area contributed by atoms with Crippen molar-refractivity contribution in [3.05, 3.63) is 71.8 Å². The van der Waals surface area contributed by atoms with E-state index in [1.54, 1.807) is 61.5 Å². The largest absolute Gasteiger partial charge is 0.458 e. The van der Waals surface area contributed by atoms with Gasteiger partial charge in [0.1, 0.15) is 17.8 Å². The molecule has 2 aliphatic carbocycles. The van der Waals surface area contributed by atoms with Crippen molar-refractivity contribution in [1.29, 1.82) is 0 Å². The van der Waals surface area contributed by atoms with Gasteiger partial charge in [-0.3, -0.25) is 4.79 Å². The first-order valence-electron chi connectivity index (χ1n) is 13.4. The molecule has 39 heavy (non-hydrogen) atoms. The number of rotatable bonds is 5. The van der Waals surface area contributed by atoms with Crippen LogP contribution in [0.2, 0.25) is 0 Å². The molecule has 1 heterocycles. The number of hydrogen-bond acceptors (Lipinski definition) is 8. The van der Waals surface area contributed by atoms with E-state index in [0.29, 0.717) is 24.0 Å². The number of carbonyl (C=O) groups is 3. The second kappa shape index (κ2) is 9.45. The summed E-state index contributed by atoms with van der Waals surface area (Å²) in [6.07, 6.45) is -2.01. The summed E-state index contributed by atoms with van der Waals surface area (Å²) < 4.78 is 24.9. The number of ether oxygens (including phenoxy) is 4. The second-order valence-corrected chi connectivity index (χ2v) is 12.0. The summed E-state index contributed by atoms with van der Waals surface area (Å²) >= 11 is 0. The summed E-state index contributed by atoms with van der Waals surface area (Å²) in [6, 6.07) is 17.2. The standard InChI is InChI=1S/C31H36O8/c1-19(32)36-23-18-29(4,35)31-17-22(28(2,3)39-31)16-24(37-26(33)20-12-8-6-9-13-20)30(31,5)25(23)38-27(34)21-14-10-7-11-15-21/h6-15,22-25,35H,16-18H2,1-5H3/t22-,23+,24-,25-,29-,30+,31-/m0/s1. The summed E-state index contributed by atoms with van der Waals surface area (Å²) in [7, 11) is 0. The van der Waals surface area contributed by atoms with Gasteiger partial charge >= 0.3 is 17.9 Å². The average molecular weight is 537 g/mol. The highest BCUT2D eigenvalue weighted by Crippen LogP contribution is 2.68. The Kier molecular flexibility index (Phi) is 6.63. The monoisotopic (exact) mass is 536 g/mol. The van der Waals surface area contributed by atoms with Crippen LogP contribution in [0.4, 0.5) is 0 Å². The van der Waals surface area contributed by atoms with Gasteiger partial charge in [-0.1, -0.05) is 36.4 Å². The first-order valence-corrected chi connectivity index (χ1v) is 13.4. The number of esters is 3. The molecule has 5 rings (SSSR count). The fourth-order valence-electron chi connectivity index (χ4n) is 7.21. The molecule has 3 aliphatic rings. The van der Waals surface area contributed by atoms with Crippen LogP contribution >= 0.6 is 0 Å². The molecule has 0 unspecified atom stereocenters. The molecule has 3 fully saturated rings. The van der Waals surface area contributed by atoms with Gasteiger partial charge in [0, 0.05) is 13.3 Å². The Morgan fingerprint density at radius 1 is 0.821 bits per heavy atom. The van der Waals surface area contributed by atoms with Gasteiger partial charge < -0.3 is 24.1 Å². The maximum atomic E-state index is 13.4. The van der Waals surface area contributed by atoms with Gasteiger partial charge in [0.2, 0.25) is 0 Å². The zero-order chi connectivity index (χ0) is 28.2. The van der Waals surface area contributed by atoms with Crippen molar-refractivity contribution < 1.29 is 38.4 Å². The van der Waals surface area contributed by atoms with E-state index in [0.717, 1.165) is 0 Å². The quantitative estimate of drug-likeness (QED) is 0.440. The first-order chi connectivity index (χ1) is 18.3. The molecule has 1 spiro atoms. The normalized spacial score (nSPS) is 36.4. The summed E-state index contributed by atoms with van der Waals surface area (Å²) in [6.45, 7) is 8.69. The molecule has 0 aromatic heterocycles. The molecule has 2 bridgehead atoms. The highest BCUT2D eigenvalue weighted by Gasteiger charge is 2.79. The van der Waals surface area contributed by atoms with Crippen molar-refractivity contribution in [1.82, 2.24) is 0 Å². The lowest BCUT2D eigenvalue weighted by atomic mass is 9.48. The minimum Gasteiger partial charge on any atom is -0.458 e. The van der Waals surface area contributed by atoms with Crippen LogP contribution in [0.1, 0.15) is 74.6 Å². The Morgan fingerprint density at radius 3 is 1.90 bits per heavy atom. The van der Waals surface area contributed by atoms with E-state index in [1.165, 1.54) is 6.92 Å². The van der Waals surface area contributed by atoms with Crippen LogP contribution in [0.25, 0.3) is 0 Å². The molecule has 0 radical (unpaired) electrons. The highest BCUT2D eigenvalue weighted by atomic mass is 16.6. The van der Waals surface area contributed by atoms with Crippen molar-refractivity contribution in [3.63, 3.8) is 0 Å².